The molecule has 0 atom stereocenters. The number of piperidine rings is 1. The maximum absolute atomic E-state index is 4.35. The first-order valence-electron chi connectivity index (χ1n) is 7.60. The smallest absolute Gasteiger partial charge is 0.161 e. The summed E-state index contributed by atoms with van der Waals surface area (Å²) in [5.74, 6) is 1.03. The fraction of sp³-hybridized carbons (Fsp3) is 0.625. The first kappa shape index (κ1) is 13.6. The van der Waals surface area contributed by atoms with E-state index in [1.54, 1.807) is 0 Å². The van der Waals surface area contributed by atoms with Crippen LogP contribution in [0.15, 0.2) is 18.3 Å². The zero-order chi connectivity index (χ0) is 14.2. The van der Waals surface area contributed by atoms with Crippen molar-refractivity contribution >= 4 is 5.65 Å². The molecule has 0 bridgehead atoms. The molecule has 3 rings (SSSR count). The molecule has 20 heavy (non-hydrogen) atoms. The van der Waals surface area contributed by atoms with Gasteiger partial charge in [-0.15, -0.1) is 10.2 Å². The lowest BCUT2D eigenvalue weighted by Gasteiger charge is -2.26. The van der Waals surface area contributed by atoms with Crippen molar-refractivity contribution in [3.05, 3.63) is 29.7 Å². The third-order valence-electron chi connectivity index (χ3n) is 4.00. The Kier molecular flexibility index (Phi) is 3.50. The van der Waals surface area contributed by atoms with Crippen molar-refractivity contribution in [2.75, 3.05) is 13.1 Å². The van der Waals surface area contributed by atoms with Crippen LogP contribution in [-0.4, -0.2) is 32.6 Å². The Labute approximate surface area is 120 Å². The Morgan fingerprint density at radius 3 is 2.55 bits per heavy atom. The zero-order valence-electron chi connectivity index (χ0n) is 12.8. The molecule has 0 aromatic carbocycles. The molecule has 1 aliphatic heterocycles. The highest BCUT2D eigenvalue weighted by Crippen LogP contribution is 2.21. The molecule has 4 heteroatoms. The summed E-state index contributed by atoms with van der Waals surface area (Å²) in [5.41, 5.74) is 2.32. The number of likely N-dealkylation sites (tertiary alicyclic amines) is 1. The molecule has 1 saturated heterocycles. The highest BCUT2D eigenvalue weighted by molar-refractivity contribution is 5.42. The lowest BCUT2D eigenvalue weighted by Crippen LogP contribution is -2.29. The second-order valence-corrected chi connectivity index (χ2v) is 6.87. The average Bonchev–Trinajstić information content (AvgIpc) is 2.83. The van der Waals surface area contributed by atoms with Crippen LogP contribution < -0.4 is 0 Å². The molecule has 3 heterocycles. The van der Waals surface area contributed by atoms with Gasteiger partial charge in [-0.1, -0.05) is 27.2 Å². The minimum atomic E-state index is 0.0216. The van der Waals surface area contributed by atoms with Gasteiger partial charge >= 0.3 is 0 Å². The molecule has 2 aromatic heterocycles. The van der Waals surface area contributed by atoms with Gasteiger partial charge in [0.05, 0.1) is 0 Å². The number of aromatic nitrogens is 3. The van der Waals surface area contributed by atoms with E-state index in [0.29, 0.717) is 0 Å². The van der Waals surface area contributed by atoms with Crippen molar-refractivity contribution in [3.63, 3.8) is 0 Å². The normalized spacial score (nSPS) is 17.8. The molecule has 1 aliphatic rings. The molecular formula is C16H24N4. The van der Waals surface area contributed by atoms with Crippen LogP contribution in [0.2, 0.25) is 0 Å². The van der Waals surface area contributed by atoms with Gasteiger partial charge in [0.1, 0.15) is 5.82 Å². The van der Waals surface area contributed by atoms with Gasteiger partial charge in [-0.25, -0.2) is 0 Å². The Bertz CT molecular complexity index is 588. The van der Waals surface area contributed by atoms with E-state index in [1.165, 1.54) is 37.9 Å². The van der Waals surface area contributed by atoms with E-state index in [-0.39, 0.29) is 5.41 Å². The van der Waals surface area contributed by atoms with Gasteiger partial charge < -0.3 is 0 Å². The van der Waals surface area contributed by atoms with Crippen LogP contribution in [0.3, 0.4) is 0 Å². The fourth-order valence-corrected chi connectivity index (χ4v) is 2.92. The van der Waals surface area contributed by atoms with E-state index >= 15 is 0 Å². The van der Waals surface area contributed by atoms with Crippen LogP contribution in [0.4, 0.5) is 0 Å². The monoisotopic (exact) mass is 272 g/mol. The standard InChI is InChI=1S/C16H24N4/c1-16(2,3)15-18-17-14-11-13(7-10-20(14)15)12-19-8-5-4-6-9-19/h7,10-11H,4-6,8-9,12H2,1-3H3. The Balaban J connectivity index is 1.84. The van der Waals surface area contributed by atoms with E-state index in [4.69, 9.17) is 0 Å². The molecule has 0 radical (unpaired) electrons. The van der Waals surface area contributed by atoms with Crippen LogP contribution in [0, 0.1) is 0 Å². The topological polar surface area (TPSA) is 33.4 Å². The SMILES string of the molecule is CC(C)(C)c1nnc2cc(CN3CCCCC3)ccn12. The van der Waals surface area contributed by atoms with E-state index in [9.17, 15) is 0 Å². The van der Waals surface area contributed by atoms with Gasteiger partial charge in [-0.3, -0.25) is 9.30 Å². The fourth-order valence-electron chi connectivity index (χ4n) is 2.92. The number of rotatable bonds is 2. The molecule has 1 fully saturated rings. The number of hydrogen-bond donors (Lipinski definition) is 0. The summed E-state index contributed by atoms with van der Waals surface area (Å²) in [4.78, 5) is 2.54. The molecule has 2 aromatic rings. The Hall–Kier alpha value is -1.42. The van der Waals surface area contributed by atoms with Gasteiger partial charge in [0.15, 0.2) is 5.65 Å². The highest BCUT2D eigenvalue weighted by atomic mass is 15.3. The van der Waals surface area contributed by atoms with Gasteiger partial charge in [-0.2, -0.15) is 0 Å². The van der Waals surface area contributed by atoms with E-state index in [0.717, 1.165) is 18.0 Å². The lowest BCUT2D eigenvalue weighted by molar-refractivity contribution is 0.221. The third kappa shape index (κ3) is 2.70. The van der Waals surface area contributed by atoms with Crippen LogP contribution in [0.25, 0.3) is 5.65 Å². The second kappa shape index (κ2) is 5.17. The largest absolute Gasteiger partial charge is 0.299 e. The number of pyridine rings is 1. The molecule has 0 spiro atoms. The van der Waals surface area contributed by atoms with Gasteiger partial charge in [0.25, 0.3) is 0 Å². The predicted octanol–water partition coefficient (Wildman–Crippen LogP) is 3.01. The molecule has 0 N–H and O–H groups in total. The van der Waals surface area contributed by atoms with Crippen LogP contribution in [0.1, 0.15) is 51.4 Å². The summed E-state index contributed by atoms with van der Waals surface area (Å²) < 4.78 is 2.11. The van der Waals surface area contributed by atoms with Crippen molar-refractivity contribution in [3.8, 4) is 0 Å². The first-order valence-corrected chi connectivity index (χ1v) is 7.60. The average molecular weight is 272 g/mol. The quantitative estimate of drug-likeness (QED) is 0.842. The minimum absolute atomic E-state index is 0.0216. The second-order valence-electron chi connectivity index (χ2n) is 6.87. The van der Waals surface area contributed by atoms with Gasteiger partial charge in [0.2, 0.25) is 0 Å². The van der Waals surface area contributed by atoms with Crippen molar-refractivity contribution in [2.45, 2.75) is 52.0 Å². The summed E-state index contributed by atoms with van der Waals surface area (Å²) in [7, 11) is 0. The van der Waals surface area contributed by atoms with Gasteiger partial charge in [-0.05, 0) is 43.6 Å². The van der Waals surface area contributed by atoms with E-state index in [1.807, 2.05) is 0 Å². The molecule has 0 amide bonds. The lowest BCUT2D eigenvalue weighted by atomic mass is 9.96. The summed E-state index contributed by atoms with van der Waals surface area (Å²) in [6, 6.07) is 4.39. The molecule has 0 unspecified atom stereocenters. The van der Waals surface area contributed by atoms with E-state index in [2.05, 4.69) is 58.6 Å². The number of fused-ring (bicyclic) bond motifs is 1. The van der Waals surface area contributed by atoms with Crippen LogP contribution in [0.5, 0.6) is 0 Å². The molecular weight excluding hydrogens is 248 g/mol. The van der Waals surface area contributed by atoms with Crippen molar-refractivity contribution in [2.24, 2.45) is 0 Å². The van der Waals surface area contributed by atoms with Crippen molar-refractivity contribution in [1.82, 2.24) is 19.5 Å². The maximum Gasteiger partial charge on any atom is 0.161 e. The van der Waals surface area contributed by atoms with Gasteiger partial charge in [0, 0.05) is 18.2 Å². The van der Waals surface area contributed by atoms with Crippen molar-refractivity contribution < 1.29 is 0 Å². The first-order chi connectivity index (χ1) is 9.54. The minimum Gasteiger partial charge on any atom is -0.299 e. The van der Waals surface area contributed by atoms with Crippen molar-refractivity contribution in [1.29, 1.82) is 0 Å². The molecule has 4 nitrogen and oxygen atoms in total. The number of hydrogen-bond acceptors (Lipinski definition) is 3. The summed E-state index contributed by atoms with van der Waals surface area (Å²) >= 11 is 0. The summed E-state index contributed by atoms with van der Waals surface area (Å²) in [6.07, 6.45) is 6.17. The Morgan fingerprint density at radius 2 is 1.85 bits per heavy atom. The molecule has 0 saturated carbocycles. The van der Waals surface area contributed by atoms with Crippen LogP contribution in [-0.2, 0) is 12.0 Å². The Morgan fingerprint density at radius 1 is 1.10 bits per heavy atom. The summed E-state index contributed by atoms with van der Waals surface area (Å²) in [5, 5.41) is 8.69. The molecule has 108 valence electrons. The predicted molar refractivity (Wildman–Crippen MR) is 80.8 cm³/mol. The molecule has 0 aliphatic carbocycles. The maximum atomic E-state index is 4.35. The van der Waals surface area contributed by atoms with E-state index < -0.39 is 0 Å². The third-order valence-corrected chi connectivity index (χ3v) is 4.00. The highest BCUT2D eigenvalue weighted by Gasteiger charge is 2.21. The zero-order valence-corrected chi connectivity index (χ0v) is 12.8. The van der Waals surface area contributed by atoms with Crippen LogP contribution >= 0.6 is 0 Å². The summed E-state index contributed by atoms with van der Waals surface area (Å²) in [6.45, 7) is 10.0. The number of nitrogens with zero attached hydrogens (tertiary/aromatic N) is 4.